The Morgan fingerprint density at radius 2 is 1.51 bits per heavy atom. The van der Waals surface area contributed by atoms with Crippen LogP contribution in [0.4, 0.5) is 0 Å². The van der Waals surface area contributed by atoms with Gasteiger partial charge in [0.1, 0.15) is 36.6 Å². The molecule has 11 atom stereocenters. The lowest BCUT2D eigenvalue weighted by molar-refractivity contribution is -0.366. The predicted molar refractivity (Wildman–Crippen MR) is 121 cm³/mol. The molecule has 0 aromatic heterocycles. The highest BCUT2D eigenvalue weighted by Crippen LogP contribution is 2.45. The first-order valence-corrected chi connectivity index (χ1v) is 12.5. The number of hydrogen-bond donors (Lipinski definition) is 0. The zero-order chi connectivity index (χ0) is 23.4. The van der Waals surface area contributed by atoms with Crippen LogP contribution in [0.5, 0.6) is 0 Å². The Bertz CT molecular complexity index is 1000. The first kappa shape index (κ1) is 22.3. The number of rotatable bonds is 6. The van der Waals surface area contributed by atoms with E-state index in [1.165, 1.54) is 0 Å². The fraction of sp³-hybridized carbons (Fsp3) is 0.556. The molecule has 2 aromatic rings. The van der Waals surface area contributed by atoms with Gasteiger partial charge in [-0.1, -0.05) is 67.6 Å². The van der Waals surface area contributed by atoms with Gasteiger partial charge in [-0.2, -0.15) is 0 Å². The quantitative estimate of drug-likeness (QED) is 0.582. The van der Waals surface area contributed by atoms with Crippen LogP contribution in [-0.4, -0.2) is 68.5 Å². The topological polar surface area (TPSA) is 77.1 Å². The Balaban J connectivity index is 1.11. The van der Waals surface area contributed by atoms with Crippen molar-refractivity contribution in [2.45, 2.75) is 75.1 Å². The number of hydrogen-bond acceptors (Lipinski definition) is 8. The Kier molecular flexibility index (Phi) is 5.87. The molecular weight excluding hydrogens is 452 g/mol. The summed E-state index contributed by atoms with van der Waals surface area (Å²) >= 11 is 0. The van der Waals surface area contributed by atoms with Gasteiger partial charge in [-0.25, -0.2) is 0 Å². The minimum atomic E-state index is -0.606. The smallest absolute Gasteiger partial charge is 0.187 e. The van der Waals surface area contributed by atoms with Crippen LogP contribution in [0.1, 0.15) is 24.3 Å². The number of fused-ring (bicyclic) bond motifs is 5. The molecule has 5 saturated heterocycles. The van der Waals surface area contributed by atoms with Gasteiger partial charge in [-0.15, -0.1) is 0 Å². The van der Waals surface area contributed by atoms with Gasteiger partial charge >= 0.3 is 0 Å². The first-order chi connectivity index (χ1) is 17.2. The van der Waals surface area contributed by atoms with Crippen LogP contribution in [0.25, 0.3) is 0 Å². The second kappa shape index (κ2) is 9.21. The van der Waals surface area contributed by atoms with Gasteiger partial charge in [0, 0.05) is 11.5 Å². The van der Waals surface area contributed by atoms with E-state index >= 15 is 0 Å². The second-order valence-corrected chi connectivity index (χ2v) is 9.88. The molecule has 0 saturated carbocycles. The van der Waals surface area contributed by atoms with E-state index in [1.807, 2.05) is 48.5 Å². The van der Waals surface area contributed by atoms with Gasteiger partial charge in [-0.05, 0) is 5.56 Å². The minimum Gasteiger partial charge on any atom is -0.368 e. The van der Waals surface area contributed by atoms with Crippen LogP contribution in [0.3, 0.4) is 0 Å². The molecule has 8 nitrogen and oxygen atoms in total. The minimum absolute atomic E-state index is 0.00517. The van der Waals surface area contributed by atoms with Crippen LogP contribution in [0.15, 0.2) is 60.7 Å². The summed E-state index contributed by atoms with van der Waals surface area (Å²) in [6, 6.07) is 20.1. The number of epoxide rings is 1. The lowest BCUT2D eigenvalue weighted by Crippen LogP contribution is -2.60. The average Bonchev–Trinajstić information content (AvgIpc) is 3.59. The summed E-state index contributed by atoms with van der Waals surface area (Å²) in [6.45, 7) is 3.51. The average molecular weight is 483 g/mol. The highest BCUT2D eigenvalue weighted by Gasteiger charge is 2.63. The Morgan fingerprint density at radius 3 is 2.34 bits per heavy atom. The van der Waals surface area contributed by atoms with Gasteiger partial charge in [0.15, 0.2) is 18.9 Å². The van der Waals surface area contributed by atoms with Crippen molar-refractivity contribution in [3.63, 3.8) is 0 Å². The van der Waals surface area contributed by atoms with Crippen molar-refractivity contribution in [3.8, 4) is 0 Å². The van der Waals surface area contributed by atoms with E-state index in [0.717, 1.165) is 11.1 Å². The first-order valence-electron chi connectivity index (χ1n) is 12.5. The molecule has 8 heteroatoms. The van der Waals surface area contributed by atoms with E-state index in [1.54, 1.807) is 0 Å². The van der Waals surface area contributed by atoms with E-state index in [0.29, 0.717) is 19.8 Å². The normalized spacial score (nSPS) is 43.9. The molecule has 2 bridgehead atoms. The molecule has 0 amide bonds. The zero-order valence-electron chi connectivity index (χ0n) is 19.5. The van der Waals surface area contributed by atoms with Crippen LogP contribution in [0.2, 0.25) is 0 Å². The second-order valence-electron chi connectivity index (χ2n) is 9.88. The monoisotopic (exact) mass is 482 g/mol. The van der Waals surface area contributed by atoms with Gasteiger partial charge in [-0.3, -0.25) is 0 Å². The Hall–Kier alpha value is -1.88. The van der Waals surface area contributed by atoms with Gasteiger partial charge in [0.2, 0.25) is 0 Å². The van der Waals surface area contributed by atoms with E-state index < -0.39 is 12.6 Å². The third kappa shape index (κ3) is 4.22. The van der Waals surface area contributed by atoms with Crippen molar-refractivity contribution >= 4 is 0 Å². The molecule has 0 aliphatic carbocycles. The molecule has 5 unspecified atom stereocenters. The lowest BCUT2D eigenvalue weighted by Gasteiger charge is -2.49. The third-order valence-electron chi connectivity index (χ3n) is 7.57. The molecule has 5 aliphatic heterocycles. The molecule has 2 aromatic carbocycles. The SMILES string of the molecule is C[C@@H]1C(OCc2ccccc2)[C@H](O[C@@H]2C3CO[C@H](O3)C3O[C@@H]32)OC2COC(c3ccccc3)O[C@H]21. The van der Waals surface area contributed by atoms with Gasteiger partial charge in [0.05, 0.1) is 25.9 Å². The van der Waals surface area contributed by atoms with E-state index in [9.17, 15) is 0 Å². The standard InChI is InChI=1S/C27H30O8/c1-15-20-18(13-29-25(34-20)17-10-6-3-7-11-17)32-27(21(15)28-12-16-8-4-2-5-9-16)35-22-19-14-30-26(31-19)24-23(22)33-24/h2-11,15,18-27H,12-14H2,1H3/t15-,18?,19?,20-,21?,22+,23+,24?,25?,26+,27-/m0/s1. The molecule has 0 radical (unpaired) electrons. The molecular formula is C27H30O8. The highest BCUT2D eigenvalue weighted by atomic mass is 16.8. The van der Waals surface area contributed by atoms with E-state index in [4.69, 9.17) is 37.9 Å². The van der Waals surface area contributed by atoms with Crippen molar-refractivity contribution in [2.75, 3.05) is 13.2 Å². The molecule has 7 rings (SSSR count). The third-order valence-corrected chi connectivity index (χ3v) is 7.57. The summed E-state index contributed by atoms with van der Waals surface area (Å²) in [5.41, 5.74) is 2.08. The van der Waals surface area contributed by atoms with E-state index in [2.05, 4.69) is 19.1 Å². The maximum Gasteiger partial charge on any atom is 0.187 e. The van der Waals surface area contributed by atoms with Gasteiger partial charge < -0.3 is 37.9 Å². The highest BCUT2D eigenvalue weighted by molar-refractivity contribution is 5.17. The van der Waals surface area contributed by atoms with E-state index in [-0.39, 0.29) is 54.9 Å². The lowest BCUT2D eigenvalue weighted by atomic mass is 9.89. The van der Waals surface area contributed by atoms with Gasteiger partial charge in [0.25, 0.3) is 0 Å². The molecule has 5 heterocycles. The Labute approximate surface area is 204 Å². The summed E-state index contributed by atoms with van der Waals surface area (Å²) in [4.78, 5) is 0. The Morgan fingerprint density at radius 1 is 0.743 bits per heavy atom. The fourth-order valence-corrected chi connectivity index (χ4v) is 5.64. The number of benzene rings is 2. The predicted octanol–water partition coefficient (Wildman–Crippen LogP) is 2.95. The molecule has 35 heavy (non-hydrogen) atoms. The summed E-state index contributed by atoms with van der Waals surface area (Å²) in [5.74, 6) is 0.00517. The molecule has 0 N–H and O–H groups in total. The fourth-order valence-electron chi connectivity index (χ4n) is 5.64. The molecule has 5 fully saturated rings. The summed E-state index contributed by atoms with van der Waals surface area (Å²) in [7, 11) is 0. The maximum atomic E-state index is 6.56. The summed E-state index contributed by atoms with van der Waals surface area (Å²) < 4.78 is 49.4. The molecule has 5 aliphatic rings. The van der Waals surface area contributed by atoms with Crippen LogP contribution >= 0.6 is 0 Å². The summed E-state index contributed by atoms with van der Waals surface area (Å²) in [6.07, 6.45) is -2.65. The van der Waals surface area contributed by atoms with Crippen LogP contribution in [-0.2, 0) is 44.5 Å². The largest absolute Gasteiger partial charge is 0.368 e. The van der Waals surface area contributed by atoms with Crippen molar-refractivity contribution < 1.29 is 37.9 Å². The zero-order valence-corrected chi connectivity index (χ0v) is 19.5. The molecule has 0 spiro atoms. The van der Waals surface area contributed by atoms with Crippen molar-refractivity contribution in [2.24, 2.45) is 5.92 Å². The van der Waals surface area contributed by atoms with Crippen molar-refractivity contribution in [1.82, 2.24) is 0 Å². The van der Waals surface area contributed by atoms with Crippen LogP contribution < -0.4 is 0 Å². The number of ether oxygens (including phenoxy) is 8. The van der Waals surface area contributed by atoms with Crippen LogP contribution in [0, 0.1) is 5.92 Å². The molecule has 186 valence electrons. The summed E-state index contributed by atoms with van der Waals surface area (Å²) in [5, 5.41) is 0. The van der Waals surface area contributed by atoms with Crippen molar-refractivity contribution in [1.29, 1.82) is 0 Å². The maximum absolute atomic E-state index is 6.56. The van der Waals surface area contributed by atoms with Crippen molar-refractivity contribution in [3.05, 3.63) is 71.8 Å².